The Morgan fingerprint density at radius 1 is 1.11 bits per heavy atom. The topological polar surface area (TPSA) is 38.9 Å². The van der Waals surface area contributed by atoms with Gasteiger partial charge in [0.15, 0.2) is 0 Å². The highest BCUT2D eigenvalue weighted by atomic mass is 32.1. The number of hydrogen-bond donors (Lipinski definition) is 1. The first-order chi connectivity index (χ1) is 9.03. The summed E-state index contributed by atoms with van der Waals surface area (Å²) in [6.45, 7) is 4.41. The smallest absolute Gasteiger partial charge is 0.113 e. The largest absolute Gasteiger partial charge is 0.319 e. The Morgan fingerprint density at radius 2 is 1.74 bits per heavy atom. The summed E-state index contributed by atoms with van der Waals surface area (Å²) in [6.07, 6.45) is 10.7. The molecule has 0 radical (unpaired) electrons. The predicted octanol–water partition coefficient (Wildman–Crippen LogP) is 4.55. The van der Waals surface area contributed by atoms with E-state index in [1.54, 1.807) is 11.3 Å². The number of thiazole rings is 1. The molecule has 3 rings (SSSR count). The van der Waals surface area contributed by atoms with Crippen LogP contribution in [0.2, 0.25) is 0 Å². The third kappa shape index (κ3) is 2.47. The zero-order chi connectivity index (χ0) is 13.5. The highest BCUT2D eigenvalue weighted by Gasteiger charge is 2.44. The zero-order valence-electron chi connectivity index (χ0n) is 12.2. The Bertz CT molecular complexity index is 433. The van der Waals surface area contributed by atoms with Crippen molar-refractivity contribution in [2.75, 3.05) is 0 Å². The minimum atomic E-state index is -0.133. The number of nitrogens with zero attached hydrogens (tertiary/aromatic N) is 1. The van der Waals surface area contributed by atoms with Crippen molar-refractivity contribution in [2.45, 2.75) is 76.7 Å². The summed E-state index contributed by atoms with van der Waals surface area (Å²) in [5.74, 6) is 0.512. The molecule has 0 aliphatic heterocycles. The molecule has 0 unspecified atom stereocenters. The summed E-state index contributed by atoms with van der Waals surface area (Å²) in [5, 5.41) is 3.39. The first kappa shape index (κ1) is 13.6. The van der Waals surface area contributed by atoms with E-state index in [2.05, 4.69) is 19.2 Å². The molecule has 2 saturated carbocycles. The normalized spacial score (nSPS) is 25.3. The van der Waals surface area contributed by atoms with Crippen LogP contribution in [0.4, 0.5) is 0 Å². The van der Waals surface area contributed by atoms with E-state index in [1.807, 2.05) is 0 Å². The van der Waals surface area contributed by atoms with Crippen molar-refractivity contribution in [3.05, 3.63) is 16.1 Å². The number of aromatic nitrogens is 1. The van der Waals surface area contributed by atoms with E-state index in [4.69, 9.17) is 10.7 Å². The molecular formula is C16H26N2S. The van der Waals surface area contributed by atoms with Crippen LogP contribution in [0.5, 0.6) is 0 Å². The molecule has 0 atom stereocenters. The monoisotopic (exact) mass is 278 g/mol. The van der Waals surface area contributed by atoms with Crippen LogP contribution in [0.15, 0.2) is 5.38 Å². The van der Waals surface area contributed by atoms with Crippen LogP contribution >= 0.6 is 11.3 Å². The lowest BCUT2D eigenvalue weighted by molar-refractivity contribution is 0.134. The molecule has 19 heavy (non-hydrogen) atoms. The molecule has 0 aromatic carbocycles. The van der Waals surface area contributed by atoms with E-state index in [0.717, 1.165) is 12.8 Å². The number of rotatable bonds is 2. The van der Waals surface area contributed by atoms with Gasteiger partial charge in [-0.05, 0) is 49.9 Å². The van der Waals surface area contributed by atoms with E-state index < -0.39 is 0 Å². The summed E-state index contributed by atoms with van der Waals surface area (Å²) < 4.78 is 0. The Kier molecular flexibility index (Phi) is 3.46. The summed E-state index contributed by atoms with van der Waals surface area (Å²) in [6, 6.07) is 0. The molecule has 1 aromatic heterocycles. The van der Waals surface area contributed by atoms with Crippen LogP contribution in [0.25, 0.3) is 0 Å². The van der Waals surface area contributed by atoms with E-state index in [0.29, 0.717) is 11.3 Å². The second-order valence-electron chi connectivity index (χ2n) is 7.10. The summed E-state index contributed by atoms with van der Waals surface area (Å²) in [5.41, 5.74) is 8.43. The van der Waals surface area contributed by atoms with Gasteiger partial charge in [0.2, 0.25) is 0 Å². The van der Waals surface area contributed by atoms with E-state index in [-0.39, 0.29) is 5.54 Å². The molecule has 2 nitrogen and oxygen atoms in total. The van der Waals surface area contributed by atoms with E-state index >= 15 is 0 Å². The third-order valence-electron chi connectivity index (χ3n) is 5.41. The van der Waals surface area contributed by atoms with Gasteiger partial charge < -0.3 is 5.73 Å². The van der Waals surface area contributed by atoms with Crippen molar-refractivity contribution >= 4 is 11.3 Å². The Balaban J connectivity index is 1.73. The minimum absolute atomic E-state index is 0.133. The van der Waals surface area contributed by atoms with Gasteiger partial charge in [-0.3, -0.25) is 0 Å². The highest BCUT2D eigenvalue weighted by molar-refractivity contribution is 7.09. The minimum Gasteiger partial charge on any atom is -0.319 e. The van der Waals surface area contributed by atoms with Crippen molar-refractivity contribution in [3.63, 3.8) is 0 Å². The third-order valence-corrected chi connectivity index (χ3v) is 6.49. The van der Waals surface area contributed by atoms with E-state index in [9.17, 15) is 0 Å². The summed E-state index contributed by atoms with van der Waals surface area (Å²) in [7, 11) is 0. The van der Waals surface area contributed by atoms with Gasteiger partial charge in [0.05, 0.1) is 11.2 Å². The van der Waals surface area contributed by atoms with Crippen molar-refractivity contribution in [3.8, 4) is 0 Å². The van der Waals surface area contributed by atoms with Crippen LogP contribution < -0.4 is 5.73 Å². The fraction of sp³-hybridized carbons (Fsp3) is 0.812. The molecule has 0 amide bonds. The van der Waals surface area contributed by atoms with Crippen molar-refractivity contribution in [1.29, 1.82) is 0 Å². The maximum absolute atomic E-state index is 6.69. The van der Waals surface area contributed by atoms with Gasteiger partial charge in [0.25, 0.3) is 0 Å². The van der Waals surface area contributed by atoms with Gasteiger partial charge in [0.1, 0.15) is 5.01 Å². The molecule has 106 valence electrons. The van der Waals surface area contributed by atoms with Gasteiger partial charge >= 0.3 is 0 Å². The fourth-order valence-electron chi connectivity index (χ4n) is 3.85. The molecule has 1 heterocycles. The number of nitrogens with two attached hydrogens (primary N) is 1. The molecule has 3 heteroatoms. The zero-order valence-corrected chi connectivity index (χ0v) is 13.1. The molecular weight excluding hydrogens is 252 g/mol. The fourth-order valence-corrected chi connectivity index (χ4v) is 5.00. The Morgan fingerprint density at radius 3 is 2.26 bits per heavy atom. The van der Waals surface area contributed by atoms with Crippen LogP contribution in [-0.2, 0) is 5.54 Å². The van der Waals surface area contributed by atoms with Gasteiger partial charge in [-0.15, -0.1) is 11.3 Å². The van der Waals surface area contributed by atoms with Crippen molar-refractivity contribution in [2.24, 2.45) is 11.1 Å². The molecule has 1 aromatic rings. The molecule has 2 aliphatic carbocycles. The summed E-state index contributed by atoms with van der Waals surface area (Å²) in [4.78, 5) is 4.81. The molecule has 1 spiro atoms. The van der Waals surface area contributed by atoms with Crippen LogP contribution in [0.3, 0.4) is 0 Å². The van der Waals surface area contributed by atoms with Crippen LogP contribution in [-0.4, -0.2) is 4.98 Å². The second-order valence-corrected chi connectivity index (χ2v) is 7.95. The molecule has 0 bridgehead atoms. The van der Waals surface area contributed by atoms with Gasteiger partial charge in [-0.1, -0.05) is 26.7 Å². The first-order valence-electron chi connectivity index (χ1n) is 7.78. The SMILES string of the molecule is CC(C)c1csc(C2(N)CCC3(CCCC3)CC2)n1. The first-order valence-corrected chi connectivity index (χ1v) is 8.66. The van der Waals surface area contributed by atoms with Gasteiger partial charge in [-0.25, -0.2) is 4.98 Å². The summed E-state index contributed by atoms with van der Waals surface area (Å²) >= 11 is 1.78. The molecule has 0 saturated heterocycles. The second kappa shape index (κ2) is 4.85. The molecule has 2 fully saturated rings. The van der Waals surface area contributed by atoms with Crippen LogP contribution in [0, 0.1) is 5.41 Å². The standard InChI is InChI=1S/C16H26N2S/c1-12(2)13-11-19-14(18-13)16(17)9-7-15(8-10-16)5-3-4-6-15/h11-12H,3-10,17H2,1-2H3. The lowest BCUT2D eigenvalue weighted by Crippen LogP contribution is -2.43. The molecule has 2 N–H and O–H groups in total. The lowest BCUT2D eigenvalue weighted by Gasteiger charge is -2.42. The Labute approximate surface area is 120 Å². The number of hydrogen-bond acceptors (Lipinski definition) is 3. The lowest BCUT2D eigenvalue weighted by atomic mass is 9.67. The van der Waals surface area contributed by atoms with Crippen molar-refractivity contribution in [1.82, 2.24) is 4.98 Å². The molecule has 2 aliphatic rings. The quantitative estimate of drug-likeness (QED) is 0.861. The highest BCUT2D eigenvalue weighted by Crippen LogP contribution is 2.53. The Hall–Kier alpha value is -0.410. The maximum atomic E-state index is 6.69. The average molecular weight is 278 g/mol. The van der Waals surface area contributed by atoms with Crippen LogP contribution in [0.1, 0.15) is 81.8 Å². The predicted molar refractivity (Wildman–Crippen MR) is 81.4 cm³/mol. The van der Waals surface area contributed by atoms with E-state index in [1.165, 1.54) is 49.2 Å². The maximum Gasteiger partial charge on any atom is 0.113 e. The average Bonchev–Trinajstić information content (AvgIpc) is 3.04. The van der Waals surface area contributed by atoms with Crippen molar-refractivity contribution < 1.29 is 0 Å². The van der Waals surface area contributed by atoms with Gasteiger partial charge in [-0.2, -0.15) is 0 Å². The van der Waals surface area contributed by atoms with Gasteiger partial charge in [0, 0.05) is 5.38 Å².